The largest absolute Gasteiger partial charge is 0.334 e. The van der Waals surface area contributed by atoms with Gasteiger partial charge < -0.3 is 9.88 Å². The van der Waals surface area contributed by atoms with Gasteiger partial charge in [-0.1, -0.05) is 48.0 Å². The molecule has 136 valence electrons. The van der Waals surface area contributed by atoms with Crippen molar-refractivity contribution in [3.63, 3.8) is 0 Å². The standard InChI is InChI=1S/C22H20ClN3O/c23-18-9-3-1-7-16(18)12-13-22(27)25-19-10-4-2-8-17(19)20-15-26-14-6-5-11-21(26)24-20/h1-4,7-10,12-13,15H,5-6,11,14H2,(H,25,27)/b13-12+. The average Bonchev–Trinajstić information content (AvgIpc) is 3.12. The van der Waals surface area contributed by atoms with E-state index < -0.39 is 0 Å². The van der Waals surface area contributed by atoms with E-state index in [4.69, 9.17) is 16.6 Å². The van der Waals surface area contributed by atoms with E-state index in [9.17, 15) is 4.79 Å². The number of aromatic nitrogens is 2. The Kier molecular flexibility index (Phi) is 5.07. The number of carbonyl (C=O) groups excluding carboxylic acids is 1. The van der Waals surface area contributed by atoms with Crippen LogP contribution >= 0.6 is 11.6 Å². The Bertz CT molecular complexity index is 983. The maximum Gasteiger partial charge on any atom is 0.248 e. The molecule has 0 fully saturated rings. The number of amides is 1. The van der Waals surface area contributed by atoms with Gasteiger partial charge in [-0.25, -0.2) is 4.98 Å². The lowest BCUT2D eigenvalue weighted by Gasteiger charge is -2.11. The van der Waals surface area contributed by atoms with Crippen LogP contribution in [0.15, 0.2) is 60.8 Å². The molecule has 0 saturated heterocycles. The first-order valence-electron chi connectivity index (χ1n) is 9.10. The average molecular weight is 378 g/mol. The predicted molar refractivity (Wildman–Crippen MR) is 110 cm³/mol. The highest BCUT2D eigenvalue weighted by Crippen LogP contribution is 2.29. The molecule has 0 radical (unpaired) electrons. The summed E-state index contributed by atoms with van der Waals surface area (Å²) in [6.45, 7) is 1.01. The molecule has 4 rings (SSSR count). The van der Waals surface area contributed by atoms with Gasteiger partial charge in [0.15, 0.2) is 0 Å². The molecule has 0 saturated carbocycles. The summed E-state index contributed by atoms with van der Waals surface area (Å²) in [6, 6.07) is 15.2. The SMILES string of the molecule is O=C(/C=C/c1ccccc1Cl)Nc1ccccc1-c1cn2c(n1)CCCC2. The first kappa shape index (κ1) is 17.6. The third-order valence-corrected chi connectivity index (χ3v) is 5.03. The summed E-state index contributed by atoms with van der Waals surface area (Å²) < 4.78 is 2.22. The summed E-state index contributed by atoms with van der Waals surface area (Å²) in [7, 11) is 0. The molecule has 27 heavy (non-hydrogen) atoms. The van der Waals surface area contributed by atoms with Crippen LogP contribution in [0.5, 0.6) is 0 Å². The number of fused-ring (bicyclic) bond motifs is 1. The minimum absolute atomic E-state index is 0.202. The van der Waals surface area contributed by atoms with E-state index >= 15 is 0 Å². The molecule has 3 aromatic rings. The molecule has 0 spiro atoms. The predicted octanol–water partition coefficient (Wildman–Crippen LogP) is 5.19. The Morgan fingerprint density at radius 3 is 2.78 bits per heavy atom. The van der Waals surface area contributed by atoms with Gasteiger partial charge in [-0.05, 0) is 36.6 Å². The van der Waals surface area contributed by atoms with Crippen LogP contribution in [0, 0.1) is 0 Å². The quantitative estimate of drug-likeness (QED) is 0.636. The Hall–Kier alpha value is -2.85. The van der Waals surface area contributed by atoms with Crippen LogP contribution in [-0.2, 0) is 17.8 Å². The van der Waals surface area contributed by atoms with Crippen molar-refractivity contribution in [3.8, 4) is 11.3 Å². The van der Waals surface area contributed by atoms with Crippen molar-refractivity contribution in [1.82, 2.24) is 9.55 Å². The molecule has 0 atom stereocenters. The van der Waals surface area contributed by atoms with Crippen LogP contribution in [0.4, 0.5) is 5.69 Å². The third-order valence-electron chi connectivity index (χ3n) is 4.69. The molecule has 4 nitrogen and oxygen atoms in total. The molecule has 2 aromatic carbocycles. The number of para-hydroxylation sites is 1. The molecule has 2 heterocycles. The van der Waals surface area contributed by atoms with E-state index in [2.05, 4.69) is 16.1 Å². The Morgan fingerprint density at radius 1 is 1.11 bits per heavy atom. The molecule has 1 aromatic heterocycles. The van der Waals surface area contributed by atoms with Crippen LogP contribution in [-0.4, -0.2) is 15.5 Å². The van der Waals surface area contributed by atoms with Gasteiger partial charge in [0.2, 0.25) is 5.91 Å². The van der Waals surface area contributed by atoms with E-state index in [0.717, 1.165) is 41.3 Å². The summed E-state index contributed by atoms with van der Waals surface area (Å²) in [5.74, 6) is 0.919. The highest BCUT2D eigenvalue weighted by atomic mass is 35.5. The van der Waals surface area contributed by atoms with Gasteiger partial charge >= 0.3 is 0 Å². The lowest BCUT2D eigenvalue weighted by molar-refractivity contribution is -0.111. The zero-order valence-corrected chi connectivity index (χ0v) is 15.6. The van der Waals surface area contributed by atoms with Gasteiger partial charge in [-0.15, -0.1) is 0 Å². The summed E-state index contributed by atoms with van der Waals surface area (Å²) in [4.78, 5) is 17.2. The van der Waals surface area contributed by atoms with Crippen LogP contribution in [0.3, 0.4) is 0 Å². The van der Waals surface area contributed by atoms with Crippen molar-refractivity contribution in [2.24, 2.45) is 0 Å². The van der Waals surface area contributed by atoms with Crippen LogP contribution in [0.1, 0.15) is 24.2 Å². The lowest BCUT2D eigenvalue weighted by Crippen LogP contribution is -2.09. The van der Waals surface area contributed by atoms with Crippen LogP contribution < -0.4 is 5.32 Å². The number of carbonyl (C=O) groups is 1. The Balaban J connectivity index is 1.55. The zero-order chi connectivity index (χ0) is 18.6. The number of nitrogens with zero attached hydrogens (tertiary/aromatic N) is 2. The summed E-state index contributed by atoms with van der Waals surface area (Å²) in [5.41, 5.74) is 3.39. The van der Waals surface area contributed by atoms with Crippen molar-refractivity contribution in [2.75, 3.05) is 5.32 Å². The van der Waals surface area contributed by atoms with E-state index in [1.807, 2.05) is 42.5 Å². The van der Waals surface area contributed by atoms with Crippen molar-refractivity contribution >= 4 is 29.3 Å². The molecule has 5 heteroatoms. The number of aryl methyl sites for hydroxylation is 2. The molecule has 1 aliphatic rings. The van der Waals surface area contributed by atoms with Gasteiger partial charge in [0.1, 0.15) is 5.82 Å². The van der Waals surface area contributed by atoms with E-state index in [-0.39, 0.29) is 5.91 Å². The van der Waals surface area contributed by atoms with Gasteiger partial charge in [0.05, 0.1) is 11.4 Å². The van der Waals surface area contributed by atoms with Gasteiger partial charge in [-0.3, -0.25) is 4.79 Å². The van der Waals surface area contributed by atoms with E-state index in [0.29, 0.717) is 5.02 Å². The van der Waals surface area contributed by atoms with E-state index in [1.54, 1.807) is 12.1 Å². The maximum atomic E-state index is 12.4. The molecular weight excluding hydrogens is 358 g/mol. The second-order valence-corrected chi connectivity index (χ2v) is 6.99. The van der Waals surface area contributed by atoms with Gasteiger partial charge in [0.25, 0.3) is 0 Å². The molecule has 1 aliphatic heterocycles. The number of benzene rings is 2. The molecule has 1 amide bonds. The van der Waals surface area contributed by atoms with Gasteiger partial charge in [-0.2, -0.15) is 0 Å². The van der Waals surface area contributed by atoms with Crippen LogP contribution in [0.2, 0.25) is 5.02 Å². The number of rotatable bonds is 4. The minimum atomic E-state index is -0.202. The topological polar surface area (TPSA) is 46.9 Å². The molecular formula is C22H20ClN3O. The fourth-order valence-corrected chi connectivity index (χ4v) is 3.51. The van der Waals surface area contributed by atoms with Gasteiger partial charge in [0, 0.05) is 35.8 Å². The fourth-order valence-electron chi connectivity index (χ4n) is 3.31. The highest BCUT2D eigenvalue weighted by molar-refractivity contribution is 6.32. The van der Waals surface area contributed by atoms with Crippen molar-refractivity contribution in [1.29, 1.82) is 0 Å². The highest BCUT2D eigenvalue weighted by Gasteiger charge is 2.15. The second-order valence-electron chi connectivity index (χ2n) is 6.58. The summed E-state index contributed by atoms with van der Waals surface area (Å²) in [5, 5.41) is 3.58. The number of hydrogen-bond acceptors (Lipinski definition) is 2. The first-order valence-corrected chi connectivity index (χ1v) is 9.47. The lowest BCUT2D eigenvalue weighted by atomic mass is 10.1. The van der Waals surface area contributed by atoms with Crippen molar-refractivity contribution < 1.29 is 4.79 Å². The Morgan fingerprint density at radius 2 is 1.93 bits per heavy atom. The zero-order valence-electron chi connectivity index (χ0n) is 14.9. The second kappa shape index (κ2) is 7.80. The smallest absolute Gasteiger partial charge is 0.248 e. The molecule has 0 unspecified atom stereocenters. The first-order chi connectivity index (χ1) is 13.2. The number of halogens is 1. The number of imidazole rings is 1. The van der Waals surface area contributed by atoms with Crippen LogP contribution in [0.25, 0.3) is 17.3 Å². The fraction of sp³-hybridized carbons (Fsp3) is 0.182. The molecule has 0 aliphatic carbocycles. The van der Waals surface area contributed by atoms with E-state index in [1.165, 1.54) is 18.9 Å². The molecule has 0 bridgehead atoms. The monoisotopic (exact) mass is 377 g/mol. The normalized spacial score (nSPS) is 13.5. The maximum absolute atomic E-state index is 12.4. The van der Waals surface area contributed by atoms with Crippen molar-refractivity contribution in [3.05, 3.63) is 77.2 Å². The summed E-state index contributed by atoms with van der Waals surface area (Å²) in [6.07, 6.45) is 8.68. The summed E-state index contributed by atoms with van der Waals surface area (Å²) >= 11 is 6.13. The number of anilines is 1. The number of nitrogens with one attached hydrogen (secondary N) is 1. The minimum Gasteiger partial charge on any atom is -0.334 e. The third kappa shape index (κ3) is 3.96. The Labute approximate surface area is 163 Å². The number of hydrogen-bond donors (Lipinski definition) is 1. The molecule has 1 N–H and O–H groups in total. The van der Waals surface area contributed by atoms with Crippen molar-refractivity contribution in [2.45, 2.75) is 25.8 Å².